The summed E-state index contributed by atoms with van der Waals surface area (Å²) in [5.41, 5.74) is 0.840. The van der Waals surface area contributed by atoms with Crippen molar-refractivity contribution in [2.75, 3.05) is 6.54 Å². The lowest BCUT2D eigenvalue weighted by atomic mass is 10.2. The molecule has 4 heteroatoms. The predicted octanol–water partition coefficient (Wildman–Crippen LogP) is 2.40. The van der Waals surface area contributed by atoms with Gasteiger partial charge in [-0.3, -0.25) is 9.78 Å². The smallest absolute Gasteiger partial charge is 0.228 e. The molecule has 0 saturated carbocycles. The van der Waals surface area contributed by atoms with Crippen LogP contribution in [-0.2, 0) is 11.2 Å². The van der Waals surface area contributed by atoms with Crippen LogP contribution in [-0.4, -0.2) is 28.4 Å². The predicted molar refractivity (Wildman–Crippen MR) is 66.1 cm³/mol. The summed E-state index contributed by atoms with van der Waals surface area (Å²) in [5.74, 6) is 0.194. The number of carbonyl (C=O) groups is 1. The van der Waals surface area contributed by atoms with Gasteiger partial charge in [-0.15, -0.1) is 0 Å². The third-order valence-electron chi connectivity index (χ3n) is 2.99. The number of nitrogens with zero attached hydrogens (tertiary/aromatic N) is 2. The Bertz CT molecular complexity index is 377. The summed E-state index contributed by atoms with van der Waals surface area (Å²) in [4.78, 5) is 18.2. The van der Waals surface area contributed by atoms with Gasteiger partial charge in [0.05, 0.1) is 6.42 Å². The monoisotopic (exact) mass is 282 g/mol. The molecule has 2 heterocycles. The second kappa shape index (κ2) is 4.95. The van der Waals surface area contributed by atoms with Crippen LogP contribution in [0, 0.1) is 0 Å². The van der Waals surface area contributed by atoms with Crippen molar-refractivity contribution in [2.24, 2.45) is 0 Å². The van der Waals surface area contributed by atoms with E-state index in [1.165, 1.54) is 0 Å². The van der Waals surface area contributed by atoms with Crippen molar-refractivity contribution in [3.8, 4) is 0 Å². The first kappa shape index (κ1) is 11.6. The summed E-state index contributed by atoms with van der Waals surface area (Å²) in [6, 6.07) is 4.20. The van der Waals surface area contributed by atoms with Crippen LogP contribution in [0.3, 0.4) is 0 Å². The maximum atomic E-state index is 12.0. The van der Waals surface area contributed by atoms with Crippen LogP contribution in [0.5, 0.6) is 0 Å². The fourth-order valence-corrected chi connectivity index (χ4v) is 2.31. The van der Waals surface area contributed by atoms with Crippen LogP contribution in [0.1, 0.15) is 25.5 Å². The largest absolute Gasteiger partial charge is 0.340 e. The van der Waals surface area contributed by atoms with Gasteiger partial charge in [0.1, 0.15) is 0 Å². The van der Waals surface area contributed by atoms with E-state index < -0.39 is 0 Å². The minimum Gasteiger partial charge on any atom is -0.340 e. The number of pyridine rings is 1. The maximum Gasteiger partial charge on any atom is 0.228 e. The summed E-state index contributed by atoms with van der Waals surface area (Å²) < 4.78 is 0.943. The van der Waals surface area contributed by atoms with E-state index in [0.29, 0.717) is 12.5 Å². The fraction of sp³-hybridized carbons (Fsp3) is 0.500. The standard InChI is InChI=1S/C12H15BrN2O/c1-9-3-2-6-15(9)12(16)7-11-5-4-10(13)8-14-11/h4-5,8-9H,2-3,6-7H2,1H3. The molecular formula is C12H15BrN2O. The van der Waals surface area contributed by atoms with Crippen molar-refractivity contribution in [3.05, 3.63) is 28.5 Å². The molecule has 2 rings (SSSR count). The molecule has 0 bridgehead atoms. The Morgan fingerprint density at radius 2 is 2.44 bits per heavy atom. The molecule has 1 unspecified atom stereocenters. The van der Waals surface area contributed by atoms with Gasteiger partial charge in [-0.1, -0.05) is 0 Å². The third-order valence-corrected chi connectivity index (χ3v) is 3.46. The molecular weight excluding hydrogens is 268 g/mol. The zero-order valence-electron chi connectivity index (χ0n) is 9.32. The van der Waals surface area contributed by atoms with E-state index in [4.69, 9.17) is 0 Å². The SMILES string of the molecule is CC1CCCN1C(=O)Cc1ccc(Br)cn1. The molecule has 1 aliphatic heterocycles. The van der Waals surface area contributed by atoms with Gasteiger partial charge in [-0.2, -0.15) is 0 Å². The van der Waals surface area contributed by atoms with Gasteiger partial charge in [-0.25, -0.2) is 0 Å². The molecule has 86 valence electrons. The van der Waals surface area contributed by atoms with Crippen LogP contribution in [0.2, 0.25) is 0 Å². The number of halogens is 1. The van der Waals surface area contributed by atoms with E-state index in [-0.39, 0.29) is 5.91 Å². The van der Waals surface area contributed by atoms with Crippen molar-refractivity contribution in [1.29, 1.82) is 0 Å². The number of likely N-dealkylation sites (tertiary alicyclic amines) is 1. The van der Waals surface area contributed by atoms with E-state index in [1.807, 2.05) is 17.0 Å². The van der Waals surface area contributed by atoms with Crippen LogP contribution >= 0.6 is 15.9 Å². The molecule has 3 nitrogen and oxygen atoms in total. The number of amides is 1. The summed E-state index contributed by atoms with van der Waals surface area (Å²) in [7, 11) is 0. The van der Waals surface area contributed by atoms with Crippen molar-refractivity contribution in [2.45, 2.75) is 32.2 Å². The van der Waals surface area contributed by atoms with Crippen LogP contribution in [0.15, 0.2) is 22.8 Å². The molecule has 16 heavy (non-hydrogen) atoms. The number of rotatable bonds is 2. The fourth-order valence-electron chi connectivity index (χ4n) is 2.07. The highest BCUT2D eigenvalue weighted by atomic mass is 79.9. The molecule has 1 atom stereocenters. The van der Waals surface area contributed by atoms with E-state index >= 15 is 0 Å². The summed E-state index contributed by atoms with van der Waals surface area (Å²) in [6.45, 7) is 3.01. The molecule has 0 aliphatic carbocycles. The highest BCUT2D eigenvalue weighted by Crippen LogP contribution is 2.17. The quantitative estimate of drug-likeness (QED) is 0.835. The molecule has 0 N–H and O–H groups in total. The topological polar surface area (TPSA) is 33.2 Å². The Labute approximate surface area is 104 Å². The summed E-state index contributed by atoms with van der Waals surface area (Å²) >= 11 is 3.33. The van der Waals surface area contributed by atoms with Crippen LogP contribution in [0.25, 0.3) is 0 Å². The van der Waals surface area contributed by atoms with Crippen molar-refractivity contribution < 1.29 is 4.79 Å². The Morgan fingerprint density at radius 1 is 1.62 bits per heavy atom. The average molecular weight is 283 g/mol. The lowest BCUT2D eigenvalue weighted by molar-refractivity contribution is -0.131. The van der Waals surface area contributed by atoms with E-state index in [0.717, 1.165) is 29.6 Å². The average Bonchev–Trinajstić information content (AvgIpc) is 2.68. The van der Waals surface area contributed by atoms with Gasteiger partial charge in [0.15, 0.2) is 0 Å². The van der Waals surface area contributed by atoms with E-state index in [2.05, 4.69) is 27.8 Å². The van der Waals surface area contributed by atoms with Gasteiger partial charge in [0, 0.05) is 29.0 Å². The highest BCUT2D eigenvalue weighted by Gasteiger charge is 2.24. The van der Waals surface area contributed by atoms with Gasteiger partial charge in [0.25, 0.3) is 0 Å². The van der Waals surface area contributed by atoms with Gasteiger partial charge in [-0.05, 0) is 47.8 Å². The van der Waals surface area contributed by atoms with Gasteiger partial charge in [0.2, 0.25) is 5.91 Å². The second-order valence-electron chi connectivity index (χ2n) is 4.22. The lowest BCUT2D eigenvalue weighted by Crippen LogP contribution is -2.34. The number of hydrogen-bond acceptors (Lipinski definition) is 2. The highest BCUT2D eigenvalue weighted by molar-refractivity contribution is 9.10. The zero-order chi connectivity index (χ0) is 11.5. The Hall–Kier alpha value is -0.900. The van der Waals surface area contributed by atoms with Crippen LogP contribution < -0.4 is 0 Å². The van der Waals surface area contributed by atoms with Gasteiger partial charge >= 0.3 is 0 Å². The van der Waals surface area contributed by atoms with E-state index in [1.54, 1.807) is 6.20 Å². The molecule has 1 aromatic rings. The second-order valence-corrected chi connectivity index (χ2v) is 5.14. The Morgan fingerprint density at radius 3 is 3.00 bits per heavy atom. The minimum absolute atomic E-state index is 0.194. The number of carbonyl (C=O) groups excluding carboxylic acids is 1. The summed E-state index contributed by atoms with van der Waals surface area (Å²) in [6.07, 6.45) is 4.40. The zero-order valence-corrected chi connectivity index (χ0v) is 10.9. The van der Waals surface area contributed by atoms with E-state index in [9.17, 15) is 4.79 Å². The first-order chi connectivity index (χ1) is 7.66. The molecule has 1 fully saturated rings. The molecule has 1 amide bonds. The summed E-state index contributed by atoms with van der Waals surface area (Å²) in [5, 5.41) is 0. The molecule has 1 saturated heterocycles. The number of aromatic nitrogens is 1. The minimum atomic E-state index is 0.194. The van der Waals surface area contributed by atoms with Gasteiger partial charge < -0.3 is 4.90 Å². The van der Waals surface area contributed by atoms with Crippen molar-refractivity contribution >= 4 is 21.8 Å². The van der Waals surface area contributed by atoms with Crippen LogP contribution in [0.4, 0.5) is 0 Å². The van der Waals surface area contributed by atoms with Crippen molar-refractivity contribution in [1.82, 2.24) is 9.88 Å². The Balaban J connectivity index is 1.99. The molecule has 0 spiro atoms. The normalized spacial score (nSPS) is 20.1. The molecule has 0 aromatic carbocycles. The first-order valence-corrected chi connectivity index (χ1v) is 6.36. The lowest BCUT2D eigenvalue weighted by Gasteiger charge is -2.21. The van der Waals surface area contributed by atoms with Crippen molar-refractivity contribution in [3.63, 3.8) is 0 Å². The molecule has 0 radical (unpaired) electrons. The molecule has 1 aromatic heterocycles. The molecule has 1 aliphatic rings. The first-order valence-electron chi connectivity index (χ1n) is 5.57. The maximum absolute atomic E-state index is 12.0. The third kappa shape index (κ3) is 2.61. The number of hydrogen-bond donors (Lipinski definition) is 0. The Kier molecular flexibility index (Phi) is 3.59.